The van der Waals surface area contributed by atoms with Crippen molar-refractivity contribution in [3.63, 3.8) is 0 Å². The van der Waals surface area contributed by atoms with Gasteiger partial charge < -0.3 is 5.73 Å². The Hall–Kier alpha value is -1.07. The molecular weight excluding hydrogens is 278 g/mol. The maximum atomic E-state index is 11.3. The average Bonchev–Trinajstić information content (AvgIpc) is 2.40. The molecule has 0 atom stereocenters. The number of halogens is 1. The molecular formula is C10H8BrNO2S. The quantitative estimate of drug-likeness (QED) is 0.859. The Labute approximate surface area is 96.3 Å². The van der Waals surface area contributed by atoms with E-state index in [1.165, 1.54) is 5.41 Å². The summed E-state index contributed by atoms with van der Waals surface area (Å²) in [5.41, 5.74) is 7.26. The second-order valence-electron chi connectivity index (χ2n) is 3.17. The van der Waals surface area contributed by atoms with Gasteiger partial charge >= 0.3 is 0 Å². The molecule has 0 radical (unpaired) electrons. The van der Waals surface area contributed by atoms with Crippen molar-refractivity contribution in [2.75, 3.05) is 0 Å². The summed E-state index contributed by atoms with van der Waals surface area (Å²) in [7, 11) is -3.28. The van der Waals surface area contributed by atoms with Crippen molar-refractivity contribution >= 4 is 31.3 Å². The van der Waals surface area contributed by atoms with Gasteiger partial charge in [0.1, 0.15) is 0 Å². The first-order valence-electron chi connectivity index (χ1n) is 4.19. The van der Waals surface area contributed by atoms with Gasteiger partial charge in [0.25, 0.3) is 0 Å². The van der Waals surface area contributed by atoms with E-state index in [9.17, 15) is 8.42 Å². The molecule has 2 N–H and O–H groups in total. The third-order valence-electron chi connectivity index (χ3n) is 2.05. The second-order valence-corrected chi connectivity index (χ2v) is 5.68. The zero-order valence-electron chi connectivity index (χ0n) is 7.64. The molecule has 3 nitrogen and oxygen atoms in total. The van der Waals surface area contributed by atoms with Crippen LogP contribution in [0.4, 0.5) is 0 Å². The monoisotopic (exact) mass is 285 g/mol. The van der Waals surface area contributed by atoms with Crippen LogP contribution in [-0.2, 0) is 9.84 Å². The first-order chi connectivity index (χ1) is 6.99. The largest absolute Gasteiger partial charge is 0.398 e. The van der Waals surface area contributed by atoms with Crippen molar-refractivity contribution in [3.8, 4) is 0 Å². The maximum Gasteiger partial charge on any atom is 0.195 e. The highest BCUT2D eigenvalue weighted by Gasteiger charge is 2.20. The molecule has 0 spiro atoms. The van der Waals surface area contributed by atoms with Gasteiger partial charge in [0.05, 0.1) is 11.1 Å². The molecule has 1 aliphatic rings. The number of hydrogen-bond acceptors (Lipinski definition) is 3. The highest BCUT2D eigenvalue weighted by molar-refractivity contribution is 9.10. The summed E-state index contributed by atoms with van der Waals surface area (Å²) in [6.07, 6.45) is 0. The summed E-state index contributed by atoms with van der Waals surface area (Å²) in [6, 6.07) is 7.35. The maximum absolute atomic E-state index is 11.3. The average molecular weight is 286 g/mol. The first-order valence-corrected chi connectivity index (χ1v) is 6.59. The van der Waals surface area contributed by atoms with E-state index in [4.69, 9.17) is 5.73 Å². The molecule has 2 rings (SSSR count). The second kappa shape index (κ2) is 3.50. The lowest BCUT2D eigenvalue weighted by Crippen LogP contribution is -1.97. The van der Waals surface area contributed by atoms with E-state index < -0.39 is 9.84 Å². The summed E-state index contributed by atoms with van der Waals surface area (Å²) in [4.78, 5) is 0. The molecule has 15 heavy (non-hydrogen) atoms. The van der Waals surface area contributed by atoms with E-state index in [1.54, 1.807) is 0 Å². The number of rotatable bonds is 1. The molecule has 0 aromatic heterocycles. The predicted molar refractivity (Wildman–Crippen MR) is 63.3 cm³/mol. The minimum Gasteiger partial charge on any atom is -0.398 e. The lowest BCUT2D eigenvalue weighted by atomic mass is 10.1. The number of benzene rings is 1. The molecule has 0 bridgehead atoms. The zero-order valence-corrected chi connectivity index (χ0v) is 10.0. The lowest BCUT2D eigenvalue weighted by Gasteiger charge is -2.05. The van der Waals surface area contributed by atoms with Crippen LogP contribution >= 0.6 is 15.9 Å². The van der Waals surface area contributed by atoms with Crippen LogP contribution in [0.2, 0.25) is 0 Å². The predicted octanol–water partition coefficient (Wildman–Crippen LogP) is 2.02. The van der Waals surface area contributed by atoms with Gasteiger partial charge in [-0.15, -0.1) is 0 Å². The van der Waals surface area contributed by atoms with E-state index in [1.807, 2.05) is 24.3 Å². The molecule has 0 aliphatic carbocycles. The van der Waals surface area contributed by atoms with Crippen LogP contribution in [0.15, 0.2) is 45.3 Å². The Morgan fingerprint density at radius 1 is 1.13 bits per heavy atom. The summed E-state index contributed by atoms with van der Waals surface area (Å²) < 4.78 is 23.4. The fraction of sp³-hybridized carbons (Fsp3) is 0. The Kier molecular flexibility index (Phi) is 2.44. The summed E-state index contributed by atoms with van der Waals surface area (Å²) in [5.74, 6) is 0. The number of allylic oxidation sites excluding steroid dienone is 1. The van der Waals surface area contributed by atoms with Gasteiger partial charge in [-0.25, -0.2) is 8.42 Å². The highest BCUT2D eigenvalue weighted by Crippen LogP contribution is 2.32. The van der Waals surface area contributed by atoms with Crippen molar-refractivity contribution < 1.29 is 8.42 Å². The number of nitrogens with two attached hydrogens (primary N) is 1. The molecule has 0 unspecified atom stereocenters. The van der Waals surface area contributed by atoms with Gasteiger partial charge in [0.15, 0.2) is 9.84 Å². The van der Waals surface area contributed by atoms with E-state index in [0.29, 0.717) is 5.57 Å². The third-order valence-corrected chi connectivity index (χ3v) is 3.89. The van der Waals surface area contributed by atoms with Gasteiger partial charge in [0.2, 0.25) is 0 Å². The smallest absolute Gasteiger partial charge is 0.195 e. The molecule has 0 fully saturated rings. The van der Waals surface area contributed by atoms with E-state index in [0.717, 1.165) is 15.4 Å². The fourth-order valence-corrected chi connectivity index (χ4v) is 3.04. The van der Waals surface area contributed by atoms with E-state index in [-0.39, 0.29) is 5.70 Å². The molecule has 1 aromatic rings. The minimum absolute atomic E-state index is 0.280. The van der Waals surface area contributed by atoms with Crippen LogP contribution in [-0.4, -0.2) is 8.42 Å². The third kappa shape index (κ3) is 1.98. The molecule has 0 saturated heterocycles. The van der Waals surface area contributed by atoms with Crippen molar-refractivity contribution in [3.05, 3.63) is 50.8 Å². The van der Waals surface area contributed by atoms with Crippen molar-refractivity contribution in [1.82, 2.24) is 0 Å². The lowest BCUT2D eigenvalue weighted by molar-refractivity contribution is 0.613. The minimum atomic E-state index is -3.28. The topological polar surface area (TPSA) is 60.2 Å². The molecule has 1 aliphatic heterocycles. The van der Waals surface area contributed by atoms with Gasteiger partial charge in [0, 0.05) is 15.5 Å². The summed E-state index contributed by atoms with van der Waals surface area (Å²) in [5, 5.41) is 2.25. The van der Waals surface area contributed by atoms with Crippen LogP contribution in [0.25, 0.3) is 5.57 Å². The molecule has 78 valence electrons. The normalized spacial score (nSPS) is 18.5. The van der Waals surface area contributed by atoms with Crippen molar-refractivity contribution in [2.24, 2.45) is 5.73 Å². The molecule has 1 heterocycles. The number of sulfone groups is 1. The Balaban J connectivity index is 2.61. The number of hydrogen-bond donors (Lipinski definition) is 1. The first kappa shape index (κ1) is 10.4. The van der Waals surface area contributed by atoms with Crippen molar-refractivity contribution in [2.45, 2.75) is 0 Å². The van der Waals surface area contributed by atoms with Gasteiger partial charge in [-0.2, -0.15) is 0 Å². The van der Waals surface area contributed by atoms with Crippen molar-refractivity contribution in [1.29, 1.82) is 0 Å². The van der Waals surface area contributed by atoms with Crippen LogP contribution in [0.5, 0.6) is 0 Å². The Morgan fingerprint density at radius 2 is 1.80 bits per heavy atom. The Bertz CT molecular complexity index is 573. The van der Waals surface area contributed by atoms with E-state index >= 15 is 0 Å². The van der Waals surface area contributed by atoms with Crippen LogP contribution in [0.1, 0.15) is 5.56 Å². The molecule has 0 saturated carbocycles. The van der Waals surface area contributed by atoms with Gasteiger partial charge in [-0.1, -0.05) is 34.1 Å². The SMILES string of the molecule is NC1=CS(=O)(=O)C=C1c1ccccc1Br. The molecule has 0 amide bonds. The van der Waals surface area contributed by atoms with Gasteiger partial charge in [-0.05, 0) is 11.6 Å². The standard InChI is InChI=1S/C10H8BrNO2S/c11-9-4-2-1-3-7(9)8-5-15(13,14)6-10(8)12/h1-6H,12H2. The highest BCUT2D eigenvalue weighted by atomic mass is 79.9. The fourth-order valence-electron chi connectivity index (χ4n) is 1.41. The molecule has 1 aromatic carbocycles. The summed E-state index contributed by atoms with van der Waals surface area (Å²) >= 11 is 3.35. The summed E-state index contributed by atoms with van der Waals surface area (Å²) in [6.45, 7) is 0. The van der Waals surface area contributed by atoms with Crippen LogP contribution < -0.4 is 5.73 Å². The van der Waals surface area contributed by atoms with Crippen LogP contribution in [0, 0.1) is 0 Å². The van der Waals surface area contributed by atoms with Gasteiger partial charge in [-0.3, -0.25) is 0 Å². The van der Waals surface area contributed by atoms with E-state index in [2.05, 4.69) is 15.9 Å². The molecule has 5 heteroatoms. The Morgan fingerprint density at radius 3 is 2.33 bits per heavy atom. The van der Waals surface area contributed by atoms with Crippen LogP contribution in [0.3, 0.4) is 0 Å². The zero-order chi connectivity index (χ0) is 11.1.